The van der Waals surface area contributed by atoms with E-state index in [2.05, 4.69) is 10.2 Å². The summed E-state index contributed by atoms with van der Waals surface area (Å²) < 4.78 is 28.2. The lowest BCUT2D eigenvalue weighted by molar-refractivity contribution is 0.249. The van der Waals surface area contributed by atoms with Gasteiger partial charge < -0.3 is 5.32 Å². The summed E-state index contributed by atoms with van der Waals surface area (Å²) in [6.45, 7) is 5.02. The Morgan fingerprint density at radius 1 is 1.25 bits per heavy atom. The topological polar surface area (TPSA) is 55.9 Å². The molecule has 6 nitrogen and oxygen atoms in total. The Morgan fingerprint density at radius 3 is 2.60 bits per heavy atom. The van der Waals surface area contributed by atoms with Gasteiger partial charge in [0.1, 0.15) is 0 Å². The fraction of sp³-hybridized carbons (Fsp3) is 1.00. The molecule has 0 aromatic rings. The quantitative estimate of drug-likeness (QED) is 0.670. The highest BCUT2D eigenvalue weighted by Gasteiger charge is 2.36. The summed E-state index contributed by atoms with van der Waals surface area (Å²) in [5.74, 6) is 0. The maximum atomic E-state index is 12.5. The van der Waals surface area contributed by atoms with Gasteiger partial charge in [0.25, 0.3) is 10.2 Å². The molecule has 0 aliphatic carbocycles. The van der Waals surface area contributed by atoms with Crippen molar-refractivity contribution < 1.29 is 8.42 Å². The predicted octanol–water partition coefficient (Wildman–Crippen LogP) is -0.0574. The molecule has 7 heteroatoms. The molecule has 1 unspecified atom stereocenters. The van der Waals surface area contributed by atoms with Gasteiger partial charge in [-0.15, -0.1) is 0 Å². The highest BCUT2D eigenvalue weighted by molar-refractivity contribution is 7.86. The maximum absolute atomic E-state index is 12.5. The van der Waals surface area contributed by atoms with Crippen LogP contribution in [0.25, 0.3) is 0 Å². The SMILES string of the molecule is CNCCCN(C)S(=O)(=O)N1CCC(N2CCCC2)C1. The molecule has 2 aliphatic rings. The van der Waals surface area contributed by atoms with E-state index in [1.54, 1.807) is 11.4 Å². The maximum Gasteiger partial charge on any atom is 0.281 e. The van der Waals surface area contributed by atoms with Crippen LogP contribution in [0.2, 0.25) is 0 Å². The highest BCUT2D eigenvalue weighted by atomic mass is 32.2. The first-order valence-corrected chi connectivity index (χ1v) is 9.05. The first kappa shape index (κ1) is 16.2. The normalized spacial score (nSPS) is 25.9. The van der Waals surface area contributed by atoms with E-state index in [-0.39, 0.29) is 0 Å². The molecule has 0 aromatic carbocycles. The lowest BCUT2D eigenvalue weighted by Gasteiger charge is -2.26. The van der Waals surface area contributed by atoms with Gasteiger partial charge in [-0.05, 0) is 52.4 Å². The van der Waals surface area contributed by atoms with Gasteiger partial charge >= 0.3 is 0 Å². The Morgan fingerprint density at radius 2 is 1.95 bits per heavy atom. The zero-order valence-electron chi connectivity index (χ0n) is 12.7. The molecule has 0 bridgehead atoms. The Bertz CT molecular complexity index is 395. The van der Waals surface area contributed by atoms with E-state index in [4.69, 9.17) is 0 Å². The van der Waals surface area contributed by atoms with Crippen molar-refractivity contribution in [3.05, 3.63) is 0 Å². The summed E-state index contributed by atoms with van der Waals surface area (Å²) in [5.41, 5.74) is 0. The molecule has 0 saturated carbocycles. The van der Waals surface area contributed by atoms with Crippen LogP contribution in [0.4, 0.5) is 0 Å². The summed E-state index contributed by atoms with van der Waals surface area (Å²) in [6, 6.07) is 0.429. The summed E-state index contributed by atoms with van der Waals surface area (Å²) in [5, 5.41) is 3.05. The van der Waals surface area contributed by atoms with Crippen LogP contribution in [0.15, 0.2) is 0 Å². The number of hydrogen-bond donors (Lipinski definition) is 1. The van der Waals surface area contributed by atoms with E-state index in [0.29, 0.717) is 25.7 Å². The van der Waals surface area contributed by atoms with Crippen LogP contribution in [0.3, 0.4) is 0 Å². The van der Waals surface area contributed by atoms with Gasteiger partial charge in [-0.25, -0.2) is 0 Å². The summed E-state index contributed by atoms with van der Waals surface area (Å²) in [7, 11) is 0.304. The number of nitrogens with zero attached hydrogens (tertiary/aromatic N) is 3. The molecule has 20 heavy (non-hydrogen) atoms. The molecule has 0 aromatic heterocycles. The Hall–Kier alpha value is -0.210. The third kappa shape index (κ3) is 3.71. The minimum Gasteiger partial charge on any atom is -0.320 e. The number of nitrogens with one attached hydrogen (secondary N) is 1. The van der Waals surface area contributed by atoms with Crippen LogP contribution < -0.4 is 5.32 Å². The lowest BCUT2D eigenvalue weighted by atomic mass is 10.2. The van der Waals surface area contributed by atoms with Gasteiger partial charge in [-0.3, -0.25) is 4.90 Å². The van der Waals surface area contributed by atoms with Crippen LogP contribution in [0, 0.1) is 0 Å². The van der Waals surface area contributed by atoms with Gasteiger partial charge in [0.05, 0.1) is 0 Å². The van der Waals surface area contributed by atoms with Crippen molar-refractivity contribution in [3.8, 4) is 0 Å². The predicted molar refractivity (Wildman–Crippen MR) is 80.9 cm³/mol. The van der Waals surface area contributed by atoms with Gasteiger partial charge in [-0.1, -0.05) is 0 Å². The van der Waals surface area contributed by atoms with Gasteiger partial charge in [0.15, 0.2) is 0 Å². The van der Waals surface area contributed by atoms with Crippen molar-refractivity contribution in [2.75, 3.05) is 53.4 Å². The van der Waals surface area contributed by atoms with Crippen molar-refractivity contribution in [1.29, 1.82) is 0 Å². The minimum absolute atomic E-state index is 0.429. The van der Waals surface area contributed by atoms with Crippen molar-refractivity contribution in [2.24, 2.45) is 0 Å². The van der Waals surface area contributed by atoms with Crippen molar-refractivity contribution in [1.82, 2.24) is 18.8 Å². The molecule has 0 radical (unpaired) electrons. The smallest absolute Gasteiger partial charge is 0.281 e. The molecule has 2 saturated heterocycles. The van der Waals surface area contributed by atoms with Crippen molar-refractivity contribution in [2.45, 2.75) is 31.7 Å². The number of rotatable bonds is 7. The van der Waals surface area contributed by atoms with Crippen molar-refractivity contribution in [3.63, 3.8) is 0 Å². The summed E-state index contributed by atoms with van der Waals surface area (Å²) >= 11 is 0. The fourth-order valence-electron chi connectivity index (χ4n) is 3.12. The Balaban J connectivity index is 1.86. The largest absolute Gasteiger partial charge is 0.320 e. The fourth-order valence-corrected chi connectivity index (χ4v) is 4.57. The second kappa shape index (κ2) is 7.17. The molecule has 1 N–H and O–H groups in total. The lowest BCUT2D eigenvalue weighted by Crippen LogP contribution is -2.43. The van der Waals surface area contributed by atoms with E-state index >= 15 is 0 Å². The van der Waals surface area contributed by atoms with E-state index in [0.717, 1.165) is 32.5 Å². The number of likely N-dealkylation sites (tertiary alicyclic amines) is 1. The van der Waals surface area contributed by atoms with Gasteiger partial charge in [-0.2, -0.15) is 17.0 Å². The Labute approximate surface area is 123 Å². The first-order valence-electron chi connectivity index (χ1n) is 7.66. The van der Waals surface area contributed by atoms with Crippen LogP contribution in [0.1, 0.15) is 25.7 Å². The van der Waals surface area contributed by atoms with Crippen LogP contribution in [0.5, 0.6) is 0 Å². The van der Waals surface area contributed by atoms with Gasteiger partial charge in [0.2, 0.25) is 0 Å². The molecule has 118 valence electrons. The van der Waals surface area contributed by atoms with Crippen LogP contribution in [-0.4, -0.2) is 81.3 Å². The highest BCUT2D eigenvalue weighted by Crippen LogP contribution is 2.23. The zero-order valence-corrected chi connectivity index (χ0v) is 13.5. The van der Waals surface area contributed by atoms with Gasteiger partial charge in [0, 0.05) is 32.7 Å². The third-order valence-electron chi connectivity index (χ3n) is 4.40. The van der Waals surface area contributed by atoms with E-state index < -0.39 is 10.2 Å². The van der Waals surface area contributed by atoms with E-state index in [1.807, 2.05) is 7.05 Å². The molecular weight excluding hydrogens is 276 g/mol. The Kier molecular flexibility index (Phi) is 5.80. The minimum atomic E-state index is -3.27. The monoisotopic (exact) mass is 304 g/mol. The van der Waals surface area contributed by atoms with E-state index in [1.165, 1.54) is 17.1 Å². The first-order chi connectivity index (χ1) is 9.55. The average molecular weight is 304 g/mol. The molecule has 2 fully saturated rings. The molecule has 2 rings (SSSR count). The second-order valence-electron chi connectivity index (χ2n) is 5.83. The van der Waals surface area contributed by atoms with Crippen LogP contribution in [-0.2, 0) is 10.2 Å². The standard InChI is InChI=1S/C13H28N4O2S/c1-14-7-5-8-15(2)20(18,19)17-11-6-13(12-17)16-9-3-4-10-16/h13-14H,3-12H2,1-2H3. The zero-order chi connectivity index (χ0) is 14.6. The molecule has 0 amide bonds. The second-order valence-corrected chi connectivity index (χ2v) is 7.87. The summed E-state index contributed by atoms with van der Waals surface area (Å²) in [4.78, 5) is 2.45. The van der Waals surface area contributed by atoms with Crippen LogP contribution >= 0.6 is 0 Å². The van der Waals surface area contributed by atoms with Crippen molar-refractivity contribution >= 4 is 10.2 Å². The molecule has 0 spiro atoms. The molecule has 1 atom stereocenters. The third-order valence-corrected chi connectivity index (χ3v) is 6.36. The van der Waals surface area contributed by atoms with E-state index in [9.17, 15) is 8.42 Å². The average Bonchev–Trinajstić information content (AvgIpc) is 3.09. The number of hydrogen-bond acceptors (Lipinski definition) is 4. The summed E-state index contributed by atoms with van der Waals surface area (Å²) in [6.07, 6.45) is 4.33. The molecule has 2 heterocycles. The molecule has 2 aliphatic heterocycles. The molecular formula is C13H28N4O2S.